The molecule has 0 fully saturated rings. The molecule has 0 aliphatic carbocycles. The molecule has 0 unspecified atom stereocenters. The molecular formula is C14H14FNO3. The molecule has 1 rings (SSSR count). The highest BCUT2D eigenvalue weighted by Gasteiger charge is 2.11. The molecule has 5 heteroatoms. The summed E-state index contributed by atoms with van der Waals surface area (Å²) < 4.78 is 13.3. The van der Waals surface area contributed by atoms with Crippen LogP contribution in [0.4, 0.5) is 10.1 Å². The molecular weight excluding hydrogens is 249 g/mol. The second kappa shape index (κ2) is 7.17. The highest BCUT2D eigenvalue weighted by molar-refractivity contribution is 5.92. The molecule has 1 aromatic carbocycles. The van der Waals surface area contributed by atoms with E-state index in [0.29, 0.717) is 19.3 Å². The zero-order valence-corrected chi connectivity index (χ0v) is 10.3. The van der Waals surface area contributed by atoms with Gasteiger partial charge in [0.05, 0.1) is 5.56 Å². The van der Waals surface area contributed by atoms with Gasteiger partial charge < -0.3 is 10.4 Å². The van der Waals surface area contributed by atoms with Crippen molar-refractivity contribution in [1.82, 2.24) is 0 Å². The highest BCUT2D eigenvalue weighted by atomic mass is 19.1. The molecule has 0 aliphatic rings. The van der Waals surface area contributed by atoms with Gasteiger partial charge in [0, 0.05) is 18.5 Å². The van der Waals surface area contributed by atoms with Crippen molar-refractivity contribution in [3.05, 3.63) is 29.6 Å². The summed E-state index contributed by atoms with van der Waals surface area (Å²) in [5.74, 6) is 0.00794. The lowest BCUT2D eigenvalue weighted by molar-refractivity contribution is -0.116. The second-order valence-corrected chi connectivity index (χ2v) is 3.96. The first-order chi connectivity index (χ1) is 9.04. The second-order valence-electron chi connectivity index (χ2n) is 3.96. The number of benzene rings is 1. The number of carbonyl (C=O) groups excluding carboxylic acids is 1. The van der Waals surface area contributed by atoms with E-state index in [0.717, 1.165) is 18.6 Å². The van der Waals surface area contributed by atoms with E-state index in [9.17, 15) is 14.0 Å². The number of halogens is 1. The molecule has 0 spiro atoms. The number of unbranched alkanes of at least 4 members (excludes halogenated alkanes) is 2. The summed E-state index contributed by atoms with van der Waals surface area (Å²) in [6.07, 6.45) is 7.42. The van der Waals surface area contributed by atoms with Crippen LogP contribution in [0, 0.1) is 18.2 Å². The smallest absolute Gasteiger partial charge is 0.338 e. The van der Waals surface area contributed by atoms with Gasteiger partial charge in [-0.3, -0.25) is 4.79 Å². The Bertz CT molecular complexity index is 520. The molecule has 0 heterocycles. The maximum Gasteiger partial charge on any atom is 0.338 e. The third-order valence-corrected chi connectivity index (χ3v) is 2.46. The SMILES string of the molecule is C#CCCCCC(=O)Nc1ccc(C(=O)O)c(F)c1. The zero-order valence-electron chi connectivity index (χ0n) is 10.3. The van der Waals surface area contributed by atoms with Gasteiger partial charge >= 0.3 is 5.97 Å². The van der Waals surface area contributed by atoms with Gasteiger partial charge in [-0.25, -0.2) is 9.18 Å². The predicted octanol–water partition coefficient (Wildman–Crippen LogP) is 2.66. The Morgan fingerprint density at radius 1 is 1.37 bits per heavy atom. The number of hydrogen-bond donors (Lipinski definition) is 2. The molecule has 0 atom stereocenters. The van der Waals surface area contributed by atoms with Crippen LogP contribution < -0.4 is 5.32 Å². The number of terminal acetylenes is 1. The van der Waals surface area contributed by atoms with Crippen molar-refractivity contribution < 1.29 is 19.1 Å². The molecule has 0 aromatic heterocycles. The van der Waals surface area contributed by atoms with E-state index in [1.165, 1.54) is 6.07 Å². The summed E-state index contributed by atoms with van der Waals surface area (Å²) in [5, 5.41) is 11.2. The average molecular weight is 263 g/mol. The van der Waals surface area contributed by atoms with Crippen LogP contribution in [-0.2, 0) is 4.79 Å². The molecule has 2 N–H and O–H groups in total. The molecule has 1 aromatic rings. The van der Waals surface area contributed by atoms with E-state index in [2.05, 4.69) is 11.2 Å². The minimum absolute atomic E-state index is 0.240. The standard InChI is InChI=1S/C14H14FNO3/c1-2-3-4-5-6-13(17)16-10-7-8-11(14(18)19)12(15)9-10/h1,7-9H,3-6H2,(H,16,17)(H,18,19). The Balaban J connectivity index is 2.54. The van der Waals surface area contributed by atoms with Crippen molar-refractivity contribution >= 4 is 17.6 Å². The lowest BCUT2D eigenvalue weighted by Gasteiger charge is -2.06. The summed E-state index contributed by atoms with van der Waals surface area (Å²) in [4.78, 5) is 22.1. The van der Waals surface area contributed by atoms with Gasteiger partial charge in [-0.2, -0.15) is 0 Å². The summed E-state index contributed by atoms with van der Waals surface area (Å²) in [7, 11) is 0. The first kappa shape index (κ1) is 14.7. The number of anilines is 1. The number of hydrogen-bond acceptors (Lipinski definition) is 2. The molecule has 0 bridgehead atoms. The fraction of sp³-hybridized carbons (Fsp3) is 0.286. The monoisotopic (exact) mass is 263 g/mol. The minimum atomic E-state index is -1.34. The Morgan fingerprint density at radius 3 is 2.68 bits per heavy atom. The summed E-state index contributed by atoms with van der Waals surface area (Å²) in [6, 6.07) is 3.46. The third kappa shape index (κ3) is 4.80. The maximum absolute atomic E-state index is 13.3. The average Bonchev–Trinajstić information content (AvgIpc) is 2.34. The van der Waals surface area contributed by atoms with Crippen LogP contribution in [-0.4, -0.2) is 17.0 Å². The van der Waals surface area contributed by atoms with Crippen LogP contribution in [0.3, 0.4) is 0 Å². The normalized spacial score (nSPS) is 9.68. The summed E-state index contributed by atoms with van der Waals surface area (Å²) in [6.45, 7) is 0. The Labute approximate surface area is 110 Å². The number of carboxylic acids is 1. The van der Waals surface area contributed by atoms with E-state index in [1.807, 2.05) is 0 Å². The molecule has 1 amide bonds. The number of rotatable bonds is 6. The molecule has 19 heavy (non-hydrogen) atoms. The largest absolute Gasteiger partial charge is 0.478 e. The number of amides is 1. The van der Waals surface area contributed by atoms with Gasteiger partial charge in [-0.1, -0.05) is 0 Å². The van der Waals surface area contributed by atoms with Crippen molar-refractivity contribution in [2.45, 2.75) is 25.7 Å². The lowest BCUT2D eigenvalue weighted by atomic mass is 10.1. The number of carbonyl (C=O) groups is 2. The molecule has 0 saturated carbocycles. The molecule has 0 aliphatic heterocycles. The van der Waals surface area contributed by atoms with Crippen molar-refractivity contribution in [3.63, 3.8) is 0 Å². The van der Waals surface area contributed by atoms with E-state index in [1.54, 1.807) is 0 Å². The summed E-state index contributed by atoms with van der Waals surface area (Å²) in [5.41, 5.74) is -0.184. The first-order valence-electron chi connectivity index (χ1n) is 5.80. The van der Waals surface area contributed by atoms with Gasteiger partial charge in [0.15, 0.2) is 0 Å². The Morgan fingerprint density at radius 2 is 2.11 bits per heavy atom. The van der Waals surface area contributed by atoms with Gasteiger partial charge in [0.25, 0.3) is 0 Å². The van der Waals surface area contributed by atoms with Gasteiger partial charge in [-0.15, -0.1) is 12.3 Å². The number of carboxylic acid groups (broad SMARTS) is 1. The van der Waals surface area contributed by atoms with Crippen LogP contribution >= 0.6 is 0 Å². The Kier molecular flexibility index (Phi) is 5.55. The highest BCUT2D eigenvalue weighted by Crippen LogP contribution is 2.15. The van der Waals surface area contributed by atoms with Crippen molar-refractivity contribution in [2.75, 3.05) is 5.32 Å². The van der Waals surface area contributed by atoms with Crippen molar-refractivity contribution in [3.8, 4) is 12.3 Å². The zero-order chi connectivity index (χ0) is 14.3. The fourth-order valence-electron chi connectivity index (χ4n) is 1.50. The quantitative estimate of drug-likeness (QED) is 0.612. The minimum Gasteiger partial charge on any atom is -0.478 e. The molecule has 0 saturated heterocycles. The van der Waals surface area contributed by atoms with Crippen molar-refractivity contribution in [1.29, 1.82) is 0 Å². The molecule has 4 nitrogen and oxygen atoms in total. The van der Waals surface area contributed by atoms with Gasteiger partial charge in [0.2, 0.25) is 5.91 Å². The third-order valence-electron chi connectivity index (χ3n) is 2.46. The fourth-order valence-corrected chi connectivity index (χ4v) is 1.50. The number of aromatic carboxylic acids is 1. The Hall–Kier alpha value is -2.35. The predicted molar refractivity (Wildman–Crippen MR) is 69.3 cm³/mol. The van der Waals surface area contributed by atoms with Crippen LogP contribution in [0.15, 0.2) is 18.2 Å². The van der Waals surface area contributed by atoms with Crippen LogP contribution in [0.25, 0.3) is 0 Å². The first-order valence-corrected chi connectivity index (χ1v) is 5.80. The topological polar surface area (TPSA) is 66.4 Å². The van der Waals surface area contributed by atoms with Crippen LogP contribution in [0.2, 0.25) is 0 Å². The van der Waals surface area contributed by atoms with Crippen molar-refractivity contribution in [2.24, 2.45) is 0 Å². The summed E-state index contributed by atoms with van der Waals surface area (Å²) >= 11 is 0. The van der Waals surface area contributed by atoms with Gasteiger partial charge in [-0.05, 0) is 31.0 Å². The van der Waals surface area contributed by atoms with Crippen LogP contribution in [0.5, 0.6) is 0 Å². The van der Waals surface area contributed by atoms with E-state index in [4.69, 9.17) is 11.5 Å². The van der Waals surface area contributed by atoms with E-state index < -0.39 is 17.3 Å². The van der Waals surface area contributed by atoms with E-state index >= 15 is 0 Å². The van der Waals surface area contributed by atoms with E-state index in [-0.39, 0.29) is 11.6 Å². The van der Waals surface area contributed by atoms with Crippen LogP contribution in [0.1, 0.15) is 36.0 Å². The maximum atomic E-state index is 13.3. The van der Waals surface area contributed by atoms with Gasteiger partial charge in [0.1, 0.15) is 5.82 Å². The number of nitrogens with one attached hydrogen (secondary N) is 1. The molecule has 100 valence electrons. The lowest BCUT2D eigenvalue weighted by Crippen LogP contribution is -2.12. The molecule has 0 radical (unpaired) electrons.